The molecule has 1 atom stereocenters. The fourth-order valence-corrected chi connectivity index (χ4v) is 6.60. The van der Waals surface area contributed by atoms with Crippen molar-refractivity contribution in [3.05, 3.63) is 106 Å². The Kier molecular flexibility index (Phi) is 7.31. The number of nitrogens with zero attached hydrogens (tertiary/aromatic N) is 5. The molecule has 0 bridgehead atoms. The van der Waals surface area contributed by atoms with Crippen molar-refractivity contribution in [2.24, 2.45) is 4.99 Å². The lowest BCUT2D eigenvalue weighted by molar-refractivity contribution is -0.384. The molecule has 0 unspecified atom stereocenters. The molecule has 4 aromatic rings. The maximum Gasteiger partial charge on any atom is 0.338 e. The van der Waals surface area contributed by atoms with Crippen molar-refractivity contribution in [1.29, 1.82) is 0 Å². The van der Waals surface area contributed by atoms with E-state index in [0.717, 1.165) is 16.2 Å². The van der Waals surface area contributed by atoms with Crippen LogP contribution in [-0.4, -0.2) is 32.0 Å². The second-order valence-corrected chi connectivity index (χ2v) is 10.9. The average Bonchev–Trinajstić information content (AvgIpc) is 3.53. The van der Waals surface area contributed by atoms with Crippen molar-refractivity contribution in [1.82, 2.24) is 14.5 Å². The van der Waals surface area contributed by atoms with Crippen molar-refractivity contribution in [3.8, 4) is 0 Å². The third-order valence-electron chi connectivity index (χ3n) is 5.56. The van der Waals surface area contributed by atoms with Crippen molar-refractivity contribution in [2.75, 3.05) is 6.61 Å². The van der Waals surface area contributed by atoms with E-state index in [2.05, 4.69) is 15.0 Å². The number of aromatic nitrogens is 3. The Bertz CT molecular complexity index is 1740. The number of thiazole rings is 1. The summed E-state index contributed by atoms with van der Waals surface area (Å²) in [6, 6.07) is 9.14. The van der Waals surface area contributed by atoms with Crippen LogP contribution in [0, 0.1) is 10.1 Å². The van der Waals surface area contributed by atoms with Crippen molar-refractivity contribution in [3.63, 3.8) is 0 Å². The molecule has 13 heteroatoms. The second kappa shape index (κ2) is 10.8. The molecule has 4 heterocycles. The first kappa shape index (κ1) is 25.7. The molecule has 1 aliphatic heterocycles. The lowest BCUT2D eigenvalue weighted by Gasteiger charge is -2.23. The summed E-state index contributed by atoms with van der Waals surface area (Å²) >= 11 is 3.81. The highest BCUT2D eigenvalue weighted by atomic mass is 32.2. The third kappa shape index (κ3) is 4.95. The van der Waals surface area contributed by atoms with Crippen LogP contribution in [0.2, 0.25) is 0 Å². The number of hydrogen-bond donors (Lipinski definition) is 0. The van der Waals surface area contributed by atoms with Gasteiger partial charge in [-0.2, -0.15) is 0 Å². The number of non-ortho nitro benzene ring substituents is 1. The van der Waals surface area contributed by atoms with Crippen LogP contribution < -0.4 is 14.9 Å². The molecule has 38 heavy (non-hydrogen) atoms. The molecule has 3 aromatic heterocycles. The van der Waals surface area contributed by atoms with Gasteiger partial charge >= 0.3 is 5.97 Å². The Balaban J connectivity index is 1.69. The van der Waals surface area contributed by atoms with E-state index in [4.69, 9.17) is 4.74 Å². The first-order chi connectivity index (χ1) is 18.4. The molecule has 0 fully saturated rings. The highest BCUT2D eigenvalue weighted by molar-refractivity contribution is 7.99. The van der Waals surface area contributed by atoms with Crippen LogP contribution >= 0.6 is 34.4 Å². The van der Waals surface area contributed by atoms with Gasteiger partial charge in [0.25, 0.3) is 11.2 Å². The summed E-state index contributed by atoms with van der Waals surface area (Å²) in [5, 5.41) is 13.8. The summed E-state index contributed by atoms with van der Waals surface area (Å²) in [6.07, 6.45) is 4.82. The Morgan fingerprint density at radius 2 is 2.05 bits per heavy atom. The van der Waals surface area contributed by atoms with Gasteiger partial charge in [0.05, 0.1) is 27.3 Å². The summed E-state index contributed by atoms with van der Waals surface area (Å²) in [4.78, 5) is 52.6. The van der Waals surface area contributed by atoms with Gasteiger partial charge in [-0.15, -0.1) is 11.3 Å². The van der Waals surface area contributed by atoms with E-state index in [0.29, 0.717) is 36.2 Å². The van der Waals surface area contributed by atoms with Crippen LogP contribution in [-0.2, 0) is 9.53 Å². The number of esters is 1. The number of rotatable bonds is 7. The summed E-state index contributed by atoms with van der Waals surface area (Å²) in [5.41, 5.74) is 0.776. The van der Waals surface area contributed by atoms with Crippen LogP contribution in [0.3, 0.4) is 0 Å². The summed E-state index contributed by atoms with van der Waals surface area (Å²) < 4.78 is 7.11. The fraction of sp³-hybridized carbons (Fsp3) is 0.160. The van der Waals surface area contributed by atoms with E-state index in [-0.39, 0.29) is 17.9 Å². The molecule has 1 aromatic carbocycles. The molecule has 5 rings (SSSR count). The summed E-state index contributed by atoms with van der Waals surface area (Å²) in [7, 11) is 0. The number of fused-ring (bicyclic) bond motifs is 1. The number of ether oxygens (including phenoxy) is 1. The minimum absolute atomic E-state index is 0.112. The first-order valence-electron chi connectivity index (χ1n) is 11.3. The topological polar surface area (TPSA) is 130 Å². The number of allylic oxidation sites excluding steroid dienone is 1. The lowest BCUT2D eigenvalue weighted by Crippen LogP contribution is -2.39. The molecule has 0 radical (unpaired) electrons. The maximum atomic E-state index is 13.8. The second-order valence-electron chi connectivity index (χ2n) is 7.93. The van der Waals surface area contributed by atoms with Gasteiger partial charge in [0.2, 0.25) is 0 Å². The predicted molar refractivity (Wildman–Crippen MR) is 144 cm³/mol. The highest BCUT2D eigenvalue weighted by Crippen LogP contribution is 2.34. The monoisotopic (exact) mass is 565 g/mol. The fourth-order valence-electron chi connectivity index (χ4n) is 3.94. The number of benzene rings is 1. The molecule has 0 aliphatic carbocycles. The summed E-state index contributed by atoms with van der Waals surface area (Å²) in [5.74, 6) is -0.526. The van der Waals surface area contributed by atoms with Crippen LogP contribution in [0.15, 0.2) is 85.3 Å². The Labute approximate surface area is 227 Å². The van der Waals surface area contributed by atoms with Crippen LogP contribution in [0.5, 0.6) is 0 Å². The van der Waals surface area contributed by atoms with Gasteiger partial charge in [0.15, 0.2) is 9.96 Å². The van der Waals surface area contributed by atoms with Crippen molar-refractivity contribution < 1.29 is 14.5 Å². The minimum Gasteiger partial charge on any atom is -0.463 e. The van der Waals surface area contributed by atoms with E-state index in [1.54, 1.807) is 44.4 Å². The molecule has 1 aliphatic rings. The zero-order chi connectivity index (χ0) is 26.8. The minimum atomic E-state index is -0.691. The van der Waals surface area contributed by atoms with Gasteiger partial charge in [-0.1, -0.05) is 17.4 Å². The molecular formula is C25H19N5O5S3. The number of carbonyl (C=O) groups excluding carboxylic acids is 1. The molecule has 0 amide bonds. The van der Waals surface area contributed by atoms with Crippen LogP contribution in [0.4, 0.5) is 5.69 Å². The third-order valence-corrected chi connectivity index (χ3v) is 8.46. The van der Waals surface area contributed by atoms with E-state index in [1.165, 1.54) is 39.8 Å². The first-order valence-corrected chi connectivity index (χ1v) is 13.8. The molecular weight excluding hydrogens is 547 g/mol. The van der Waals surface area contributed by atoms with Crippen LogP contribution in [0.25, 0.3) is 6.08 Å². The molecule has 0 spiro atoms. The van der Waals surface area contributed by atoms with E-state index < -0.39 is 16.9 Å². The van der Waals surface area contributed by atoms with E-state index in [1.807, 2.05) is 17.5 Å². The Morgan fingerprint density at radius 1 is 1.26 bits per heavy atom. The van der Waals surface area contributed by atoms with Gasteiger partial charge in [-0.05, 0) is 60.8 Å². The average molecular weight is 566 g/mol. The predicted octanol–water partition coefficient (Wildman–Crippen LogP) is 3.71. The van der Waals surface area contributed by atoms with Gasteiger partial charge in [0.1, 0.15) is 6.04 Å². The van der Waals surface area contributed by atoms with Gasteiger partial charge in [-0.25, -0.2) is 19.8 Å². The Morgan fingerprint density at radius 3 is 2.74 bits per heavy atom. The number of thiophene rings is 1. The largest absolute Gasteiger partial charge is 0.463 e. The SMILES string of the molecule is CCOC(=O)C1=C(C)N=c2s/c(=C/c3cc([N+](=O)[O-])ccc3Sc3ncccn3)c(=O)n2[C@H]1c1cccs1. The maximum absolute atomic E-state index is 13.8. The van der Waals surface area contributed by atoms with Crippen LogP contribution in [0.1, 0.15) is 30.3 Å². The molecule has 0 N–H and O–H groups in total. The standard InChI is InChI=1S/C25H19N5O5S3/c1-3-35-23(32)20-14(2)28-25-29(21(20)18-6-4-11-36-18)22(31)19(38-25)13-15-12-16(30(33)34)7-8-17(15)37-24-26-9-5-10-27-24/h4-13,21H,3H2,1-2H3/b19-13+/t21-/m0/s1. The molecule has 0 saturated heterocycles. The quantitative estimate of drug-likeness (QED) is 0.144. The smallest absolute Gasteiger partial charge is 0.338 e. The number of hydrogen-bond acceptors (Lipinski definition) is 11. The molecule has 0 saturated carbocycles. The van der Waals surface area contributed by atoms with Gasteiger partial charge in [0, 0.05) is 34.3 Å². The van der Waals surface area contributed by atoms with Gasteiger partial charge in [-0.3, -0.25) is 19.5 Å². The van der Waals surface area contributed by atoms with Crippen molar-refractivity contribution >= 4 is 52.2 Å². The zero-order valence-corrected chi connectivity index (χ0v) is 22.5. The number of nitro groups is 1. The normalized spacial score (nSPS) is 15.2. The van der Waals surface area contributed by atoms with E-state index >= 15 is 0 Å². The Hall–Kier alpha value is -3.94. The number of nitro benzene ring substituents is 1. The molecule has 10 nitrogen and oxygen atoms in total. The van der Waals surface area contributed by atoms with Gasteiger partial charge < -0.3 is 4.74 Å². The number of carbonyl (C=O) groups is 1. The van der Waals surface area contributed by atoms with E-state index in [9.17, 15) is 19.7 Å². The summed E-state index contributed by atoms with van der Waals surface area (Å²) in [6.45, 7) is 3.63. The lowest BCUT2D eigenvalue weighted by atomic mass is 10.0. The highest BCUT2D eigenvalue weighted by Gasteiger charge is 2.34. The molecule has 192 valence electrons. The van der Waals surface area contributed by atoms with Crippen molar-refractivity contribution in [2.45, 2.75) is 29.9 Å². The zero-order valence-electron chi connectivity index (χ0n) is 20.1.